The fourth-order valence-corrected chi connectivity index (χ4v) is 5.60. The van der Waals surface area contributed by atoms with E-state index in [1.807, 2.05) is 72.8 Å². The third kappa shape index (κ3) is 15.6. The summed E-state index contributed by atoms with van der Waals surface area (Å²) in [5.41, 5.74) is 4.06. The number of pyridine rings is 1. The second kappa shape index (κ2) is 24.6. The summed E-state index contributed by atoms with van der Waals surface area (Å²) in [6.45, 7) is 25.6. The van der Waals surface area contributed by atoms with Gasteiger partial charge in [0.2, 0.25) is 5.90 Å². The number of ether oxygens (including phenoxy) is 3. The maximum Gasteiger partial charge on any atom is 0.573 e. The molecule has 4 rings (SSSR count). The maximum absolute atomic E-state index is 12.4. The molecule has 0 saturated heterocycles. The van der Waals surface area contributed by atoms with E-state index in [4.69, 9.17) is 49.3 Å². The molecule has 1 aromatic heterocycles. The lowest BCUT2D eigenvalue weighted by Crippen LogP contribution is -2.21. The number of allylic oxidation sites excluding steroid dienone is 10. The van der Waals surface area contributed by atoms with Crippen molar-refractivity contribution in [2.24, 2.45) is 10.9 Å². The second-order valence-corrected chi connectivity index (χ2v) is 13.0. The number of aliphatic imine (C=N–C) groups is 1. The number of aromatic nitrogens is 1. The van der Waals surface area contributed by atoms with Crippen LogP contribution in [0.5, 0.6) is 5.75 Å². The Hall–Kier alpha value is -3.72. The molecule has 1 aliphatic heterocycles. The van der Waals surface area contributed by atoms with Crippen molar-refractivity contribution in [1.29, 1.82) is 0 Å². The summed E-state index contributed by atoms with van der Waals surface area (Å²) < 4.78 is 52.9. The minimum Gasteiger partial charge on any atom is -0.491 e. The zero-order valence-corrected chi connectivity index (χ0v) is 35.0. The van der Waals surface area contributed by atoms with E-state index >= 15 is 0 Å². The molecule has 0 fully saturated rings. The van der Waals surface area contributed by atoms with Gasteiger partial charge in [-0.3, -0.25) is 4.98 Å². The monoisotopic (exact) mass is 808 g/mol. The number of halogens is 6. The third-order valence-electron chi connectivity index (χ3n) is 8.07. The van der Waals surface area contributed by atoms with Crippen LogP contribution in [0.2, 0.25) is 10.0 Å². The molecule has 4 atom stereocenters. The van der Waals surface area contributed by atoms with Crippen molar-refractivity contribution < 1.29 is 27.4 Å². The van der Waals surface area contributed by atoms with Crippen LogP contribution in [0, 0.1) is 5.92 Å². The summed E-state index contributed by atoms with van der Waals surface area (Å²) in [6, 6.07) is 5.57. The molecule has 2 aromatic rings. The fraction of sp³-hybridized carbons (Fsp3) is 0.395. The second-order valence-electron chi connectivity index (χ2n) is 11.8. The summed E-state index contributed by atoms with van der Waals surface area (Å²) in [6.07, 6.45) is 14.4. The zero-order valence-electron chi connectivity index (χ0n) is 32.7. The van der Waals surface area contributed by atoms with Gasteiger partial charge in [-0.05, 0) is 81.7 Å². The highest BCUT2D eigenvalue weighted by atomic mass is 35.5. The number of alkyl halides is 3. The molecule has 2 unspecified atom stereocenters. The molecule has 2 heterocycles. The Bertz CT molecular complexity index is 1670. The van der Waals surface area contributed by atoms with Gasteiger partial charge < -0.3 is 14.2 Å². The average molecular weight is 810 g/mol. The van der Waals surface area contributed by atoms with Gasteiger partial charge in [0, 0.05) is 23.0 Å². The predicted molar refractivity (Wildman–Crippen MR) is 222 cm³/mol. The van der Waals surface area contributed by atoms with Gasteiger partial charge in [-0.25, -0.2) is 4.99 Å². The van der Waals surface area contributed by atoms with E-state index in [9.17, 15) is 13.2 Å². The topological polar surface area (TPSA) is 52.9 Å². The summed E-state index contributed by atoms with van der Waals surface area (Å²) in [5.74, 6) is 1.19. The number of rotatable bonds is 11. The molecule has 0 N–H and O–H groups in total. The first-order chi connectivity index (χ1) is 25.6. The highest BCUT2D eigenvalue weighted by Gasteiger charge is 2.33. The van der Waals surface area contributed by atoms with Crippen molar-refractivity contribution >= 4 is 46.3 Å². The standard InChI is InChI=1S/C24H19Cl2F3N2O2.C15H23ClO.2C2H6/c1-14-22(31-23(32-14)21-19(25)12-30-13-20(21)26)17-5-3-2-4-15(6-7-17)16-8-10-18(11-9-16)33-24(27,28)29;1-7-9-10-11(3)13(5)17-14(6)12(4)15(16)8-2;2*1-2/h2,4,6-14,22H,3,5H2,1H3;7-9,11,13H,2,6,10H2,1,3-5H3;2*1-2H3/b4-2-,15-6+,17-7+;9-7-,15-12-;;/t14?,22-;11?,13-;;/m11../s1. The van der Waals surface area contributed by atoms with Crippen LogP contribution in [0.25, 0.3) is 5.57 Å². The summed E-state index contributed by atoms with van der Waals surface area (Å²) in [4.78, 5) is 8.72. The Labute approximate surface area is 335 Å². The zero-order chi connectivity index (χ0) is 41.0. The highest BCUT2D eigenvalue weighted by Crippen LogP contribution is 2.33. The number of benzene rings is 1. The van der Waals surface area contributed by atoms with E-state index in [0.29, 0.717) is 38.2 Å². The van der Waals surface area contributed by atoms with Crippen LogP contribution in [-0.2, 0) is 9.47 Å². The minimum atomic E-state index is -4.72. The summed E-state index contributed by atoms with van der Waals surface area (Å²) >= 11 is 18.5. The van der Waals surface area contributed by atoms with Gasteiger partial charge in [0.25, 0.3) is 0 Å². The Morgan fingerprint density at radius 1 is 1.06 bits per heavy atom. The fourth-order valence-electron chi connectivity index (χ4n) is 4.97. The molecule has 1 aromatic carbocycles. The lowest BCUT2D eigenvalue weighted by molar-refractivity contribution is -0.274. The lowest BCUT2D eigenvalue weighted by Gasteiger charge is -2.22. The molecule has 1 aliphatic carbocycles. The molecule has 2 aliphatic rings. The van der Waals surface area contributed by atoms with E-state index in [-0.39, 0.29) is 24.0 Å². The predicted octanol–water partition coefficient (Wildman–Crippen LogP) is 14.4. The molecule has 296 valence electrons. The van der Waals surface area contributed by atoms with Crippen molar-refractivity contribution in [3.05, 3.63) is 135 Å². The smallest absolute Gasteiger partial charge is 0.491 e. The molecule has 0 saturated carbocycles. The van der Waals surface area contributed by atoms with Crippen LogP contribution in [0.1, 0.15) is 92.7 Å². The lowest BCUT2D eigenvalue weighted by atomic mass is 9.94. The first-order valence-corrected chi connectivity index (χ1v) is 19.2. The quantitative estimate of drug-likeness (QED) is 0.129. The molecule has 5 nitrogen and oxygen atoms in total. The average Bonchev–Trinajstić information content (AvgIpc) is 3.51. The van der Waals surface area contributed by atoms with Crippen LogP contribution < -0.4 is 4.74 Å². The summed E-state index contributed by atoms with van der Waals surface area (Å²) in [7, 11) is 0. The number of hydrogen-bond donors (Lipinski definition) is 0. The highest BCUT2D eigenvalue weighted by molar-refractivity contribution is 6.39. The Balaban J connectivity index is 0.000000590. The Morgan fingerprint density at radius 2 is 1.67 bits per heavy atom. The summed E-state index contributed by atoms with van der Waals surface area (Å²) in [5, 5.41) is 1.32. The van der Waals surface area contributed by atoms with Gasteiger partial charge in [0.05, 0.1) is 21.7 Å². The van der Waals surface area contributed by atoms with Crippen molar-refractivity contribution in [3.8, 4) is 5.75 Å². The molecule has 0 amide bonds. The van der Waals surface area contributed by atoms with Crippen LogP contribution in [0.4, 0.5) is 13.2 Å². The normalized spacial score (nSPS) is 20.6. The van der Waals surface area contributed by atoms with E-state index < -0.39 is 6.36 Å². The molecule has 0 bridgehead atoms. The number of hydrogen-bond acceptors (Lipinski definition) is 5. The van der Waals surface area contributed by atoms with Crippen molar-refractivity contribution in [2.45, 2.75) is 106 Å². The van der Waals surface area contributed by atoms with Gasteiger partial charge in [-0.2, -0.15) is 0 Å². The largest absolute Gasteiger partial charge is 0.573 e. The van der Waals surface area contributed by atoms with E-state index in [1.165, 1.54) is 24.5 Å². The SMILES string of the molecule is C=C/C(Cl)=C(\C)C(=C)O[C@H](C)C(C)C/C=C\C.CC.CC.CC1OC(c2c(Cl)cncc2Cl)=N[C@H]1/C1=C/C=C(c2ccc(OC(F)(F)F)cc2)\C=C/CC1. The molecule has 11 heteroatoms. The van der Waals surface area contributed by atoms with Crippen molar-refractivity contribution in [1.82, 2.24) is 4.98 Å². The van der Waals surface area contributed by atoms with Crippen LogP contribution >= 0.6 is 34.8 Å². The first-order valence-electron chi connectivity index (χ1n) is 18.1. The Morgan fingerprint density at radius 3 is 2.22 bits per heavy atom. The molecule has 54 heavy (non-hydrogen) atoms. The molecule has 0 spiro atoms. The Kier molecular flexibility index (Phi) is 22.0. The molecular weight excluding hydrogens is 756 g/mol. The van der Waals surface area contributed by atoms with Crippen LogP contribution in [0.15, 0.2) is 119 Å². The van der Waals surface area contributed by atoms with Crippen LogP contribution in [0.3, 0.4) is 0 Å². The molecule has 0 radical (unpaired) electrons. The van der Waals surface area contributed by atoms with E-state index in [0.717, 1.165) is 41.5 Å². The first kappa shape index (κ1) is 48.3. The van der Waals surface area contributed by atoms with Gasteiger partial charge in [0.1, 0.15) is 23.7 Å². The maximum atomic E-state index is 12.4. The van der Waals surface area contributed by atoms with E-state index in [2.05, 4.69) is 48.9 Å². The van der Waals surface area contributed by atoms with Gasteiger partial charge >= 0.3 is 6.36 Å². The third-order valence-corrected chi connectivity index (χ3v) is 9.08. The van der Waals surface area contributed by atoms with Crippen molar-refractivity contribution in [2.75, 3.05) is 0 Å². The number of nitrogens with zero attached hydrogens (tertiary/aromatic N) is 2. The van der Waals surface area contributed by atoms with Crippen molar-refractivity contribution in [3.63, 3.8) is 0 Å². The van der Waals surface area contributed by atoms with Gasteiger partial charge in [-0.15, -0.1) is 13.2 Å². The van der Waals surface area contributed by atoms with Crippen LogP contribution in [-0.4, -0.2) is 35.5 Å². The minimum absolute atomic E-state index is 0.114. The van der Waals surface area contributed by atoms with Gasteiger partial charge in [0.15, 0.2) is 0 Å². The van der Waals surface area contributed by atoms with E-state index in [1.54, 1.807) is 18.2 Å². The van der Waals surface area contributed by atoms with Gasteiger partial charge in [-0.1, -0.05) is 137 Å². The molecular formula is C43H54Cl3F3N2O3.